The second-order valence-corrected chi connectivity index (χ2v) is 9.03. The number of halogens is 1. The van der Waals surface area contributed by atoms with Crippen molar-refractivity contribution in [2.45, 2.75) is 23.0 Å². The van der Waals surface area contributed by atoms with Crippen molar-refractivity contribution in [3.8, 4) is 0 Å². The largest absolute Gasteiger partial charge is 0.466 e. The van der Waals surface area contributed by atoms with Crippen LogP contribution in [-0.4, -0.2) is 59.9 Å². The van der Waals surface area contributed by atoms with Gasteiger partial charge in [-0.2, -0.15) is 0 Å². The summed E-state index contributed by atoms with van der Waals surface area (Å²) >= 11 is 8.48. The number of thioether (sulfide) groups is 2. The van der Waals surface area contributed by atoms with Crippen LogP contribution < -0.4 is 5.32 Å². The average molecular weight is 471 g/mol. The first-order valence-corrected chi connectivity index (χ1v) is 11.3. The molecule has 0 radical (unpaired) electrons. The lowest BCUT2D eigenvalue weighted by atomic mass is 10.2. The Bertz CT molecular complexity index is 907. The van der Waals surface area contributed by atoms with E-state index >= 15 is 0 Å². The van der Waals surface area contributed by atoms with Crippen LogP contribution in [0.15, 0.2) is 34.2 Å². The summed E-state index contributed by atoms with van der Waals surface area (Å²) in [5.74, 6) is -1.16. The van der Waals surface area contributed by atoms with Crippen LogP contribution >= 0.6 is 35.1 Å². The van der Waals surface area contributed by atoms with Crippen molar-refractivity contribution >= 4 is 64.6 Å². The standard InChI is InChI=1S/C19H19ClN2O6S2/c1-27-17(24)9-16-22(15(23)10-29-16)5-2-6-28-18(25)8-14-19(26)21-12-7-11(20)3-4-13(12)30-14/h3-4,7,9,14H,2,5-6,8,10H2,1H3,(H,21,26)/b16-9+. The summed E-state index contributed by atoms with van der Waals surface area (Å²) in [5, 5.41) is 3.20. The fraction of sp³-hybridized carbons (Fsp3) is 0.368. The summed E-state index contributed by atoms with van der Waals surface area (Å²) in [6.45, 7) is 0.415. The van der Waals surface area contributed by atoms with Gasteiger partial charge in [0.15, 0.2) is 0 Å². The fourth-order valence-electron chi connectivity index (χ4n) is 2.80. The number of nitrogens with zero attached hydrogens (tertiary/aromatic N) is 1. The van der Waals surface area contributed by atoms with Crippen LogP contribution in [-0.2, 0) is 28.7 Å². The minimum Gasteiger partial charge on any atom is -0.466 e. The highest BCUT2D eigenvalue weighted by molar-refractivity contribution is 8.04. The van der Waals surface area contributed by atoms with Gasteiger partial charge in [-0.05, 0) is 24.6 Å². The third-order valence-corrected chi connectivity index (χ3v) is 6.79. The van der Waals surface area contributed by atoms with Crippen LogP contribution in [0.4, 0.5) is 5.69 Å². The third-order valence-electron chi connectivity index (χ3n) is 4.26. The number of carbonyl (C=O) groups excluding carboxylic acids is 4. The van der Waals surface area contributed by atoms with Gasteiger partial charge in [0.05, 0.1) is 47.9 Å². The maximum atomic E-state index is 12.2. The smallest absolute Gasteiger partial charge is 0.333 e. The minimum atomic E-state index is -0.586. The van der Waals surface area contributed by atoms with Gasteiger partial charge in [-0.25, -0.2) is 4.79 Å². The van der Waals surface area contributed by atoms with Gasteiger partial charge in [0.2, 0.25) is 11.8 Å². The van der Waals surface area contributed by atoms with E-state index in [0.29, 0.717) is 28.7 Å². The zero-order valence-corrected chi connectivity index (χ0v) is 18.4. The molecule has 0 aromatic heterocycles. The molecule has 2 heterocycles. The van der Waals surface area contributed by atoms with Gasteiger partial charge in [-0.1, -0.05) is 23.4 Å². The van der Waals surface area contributed by atoms with E-state index in [1.54, 1.807) is 18.2 Å². The Morgan fingerprint density at radius 1 is 1.37 bits per heavy atom. The Hall–Kier alpha value is -2.17. The number of esters is 2. The second-order valence-electron chi connectivity index (χ2n) is 6.35. The lowest BCUT2D eigenvalue weighted by Crippen LogP contribution is -2.31. The predicted molar refractivity (Wildman–Crippen MR) is 114 cm³/mol. The van der Waals surface area contributed by atoms with Gasteiger partial charge >= 0.3 is 11.9 Å². The highest BCUT2D eigenvalue weighted by atomic mass is 35.5. The molecule has 2 amide bonds. The Morgan fingerprint density at radius 3 is 2.93 bits per heavy atom. The van der Waals surface area contributed by atoms with Crippen molar-refractivity contribution in [2.24, 2.45) is 0 Å². The molecule has 3 rings (SSSR count). The molecule has 160 valence electrons. The SMILES string of the molecule is COC(=O)/C=C1/SCC(=O)N1CCCOC(=O)CC1Sc2ccc(Cl)cc2NC1=O. The number of hydrogen-bond acceptors (Lipinski definition) is 8. The van der Waals surface area contributed by atoms with E-state index < -0.39 is 17.2 Å². The first kappa shape index (κ1) is 22.5. The highest BCUT2D eigenvalue weighted by Crippen LogP contribution is 2.38. The average Bonchev–Trinajstić information content (AvgIpc) is 3.05. The number of hydrogen-bond donors (Lipinski definition) is 1. The molecule has 11 heteroatoms. The monoisotopic (exact) mass is 470 g/mol. The number of rotatable bonds is 7. The number of amides is 2. The molecule has 1 N–H and O–H groups in total. The van der Waals surface area contributed by atoms with Gasteiger partial charge in [-0.3, -0.25) is 14.4 Å². The molecular formula is C19H19ClN2O6S2. The number of ether oxygens (including phenoxy) is 2. The van der Waals surface area contributed by atoms with Crippen molar-refractivity contribution in [1.82, 2.24) is 4.90 Å². The normalized spacial score (nSPS) is 19.5. The van der Waals surface area contributed by atoms with Gasteiger partial charge in [-0.15, -0.1) is 11.8 Å². The second kappa shape index (κ2) is 10.2. The van der Waals surface area contributed by atoms with Gasteiger partial charge in [0.1, 0.15) is 0 Å². The minimum absolute atomic E-state index is 0.0649. The molecular weight excluding hydrogens is 452 g/mol. The van der Waals surface area contributed by atoms with Crippen LogP contribution in [0.2, 0.25) is 5.02 Å². The van der Waals surface area contributed by atoms with Crippen molar-refractivity contribution in [3.63, 3.8) is 0 Å². The number of fused-ring (bicyclic) bond motifs is 1. The summed E-state index contributed by atoms with van der Waals surface area (Å²) in [6.07, 6.45) is 1.61. The first-order valence-electron chi connectivity index (χ1n) is 9.03. The molecule has 0 spiro atoms. The number of benzene rings is 1. The van der Waals surface area contributed by atoms with E-state index in [-0.39, 0.29) is 30.6 Å². The molecule has 0 aliphatic carbocycles. The maximum absolute atomic E-state index is 12.2. The maximum Gasteiger partial charge on any atom is 0.333 e. The lowest BCUT2D eigenvalue weighted by molar-refractivity contribution is -0.144. The molecule has 1 unspecified atom stereocenters. The molecule has 1 fully saturated rings. The van der Waals surface area contributed by atoms with Crippen molar-refractivity contribution in [1.29, 1.82) is 0 Å². The van der Waals surface area contributed by atoms with Crippen molar-refractivity contribution in [3.05, 3.63) is 34.3 Å². The Kier molecular flexibility index (Phi) is 7.68. The van der Waals surface area contributed by atoms with E-state index in [9.17, 15) is 19.2 Å². The van der Waals surface area contributed by atoms with Gasteiger partial charge in [0, 0.05) is 16.5 Å². The molecule has 1 saturated heterocycles. The number of carbonyl (C=O) groups is 4. The molecule has 8 nitrogen and oxygen atoms in total. The van der Waals surface area contributed by atoms with E-state index in [2.05, 4.69) is 10.1 Å². The Balaban J connectivity index is 1.44. The quantitative estimate of drug-likeness (QED) is 0.368. The summed E-state index contributed by atoms with van der Waals surface area (Å²) in [6, 6.07) is 5.18. The topological polar surface area (TPSA) is 102 Å². The molecule has 1 atom stereocenters. The Labute approximate surface area is 186 Å². The fourth-order valence-corrected chi connectivity index (χ4v) is 5.01. The van der Waals surface area contributed by atoms with Crippen LogP contribution in [0.3, 0.4) is 0 Å². The molecule has 2 aliphatic heterocycles. The number of nitrogens with one attached hydrogen (secondary N) is 1. The van der Waals surface area contributed by atoms with E-state index in [0.717, 1.165) is 4.90 Å². The number of anilines is 1. The van der Waals surface area contributed by atoms with E-state index in [1.165, 1.54) is 41.6 Å². The third kappa shape index (κ3) is 5.71. The predicted octanol–water partition coefficient (Wildman–Crippen LogP) is 2.67. The van der Waals surface area contributed by atoms with Gasteiger partial charge < -0.3 is 19.7 Å². The highest BCUT2D eigenvalue weighted by Gasteiger charge is 2.30. The summed E-state index contributed by atoms with van der Waals surface area (Å²) in [7, 11) is 1.27. The van der Waals surface area contributed by atoms with E-state index in [1.807, 2.05) is 0 Å². The first-order chi connectivity index (χ1) is 14.4. The van der Waals surface area contributed by atoms with Crippen molar-refractivity contribution in [2.75, 3.05) is 31.3 Å². The van der Waals surface area contributed by atoms with Crippen LogP contribution in [0.5, 0.6) is 0 Å². The van der Waals surface area contributed by atoms with Crippen LogP contribution in [0, 0.1) is 0 Å². The van der Waals surface area contributed by atoms with E-state index in [4.69, 9.17) is 16.3 Å². The molecule has 0 bridgehead atoms. The molecule has 30 heavy (non-hydrogen) atoms. The molecule has 0 saturated carbocycles. The Morgan fingerprint density at radius 2 is 2.17 bits per heavy atom. The van der Waals surface area contributed by atoms with Gasteiger partial charge in [0.25, 0.3) is 0 Å². The zero-order valence-electron chi connectivity index (χ0n) is 16.0. The zero-order chi connectivity index (χ0) is 21.7. The summed E-state index contributed by atoms with van der Waals surface area (Å²) in [4.78, 5) is 50.0. The molecule has 1 aromatic carbocycles. The lowest BCUT2D eigenvalue weighted by Gasteiger charge is -2.23. The number of methoxy groups -OCH3 is 1. The van der Waals surface area contributed by atoms with Crippen molar-refractivity contribution < 1.29 is 28.7 Å². The van der Waals surface area contributed by atoms with Crippen LogP contribution in [0.25, 0.3) is 0 Å². The summed E-state index contributed by atoms with van der Waals surface area (Å²) < 4.78 is 9.81. The molecule has 2 aliphatic rings. The molecule has 1 aromatic rings. The summed E-state index contributed by atoms with van der Waals surface area (Å²) in [5.41, 5.74) is 0.631. The van der Waals surface area contributed by atoms with Crippen LogP contribution in [0.1, 0.15) is 12.8 Å².